The predicted molar refractivity (Wildman–Crippen MR) is 104 cm³/mol. The molecule has 0 aliphatic carbocycles. The van der Waals surface area contributed by atoms with E-state index in [0.29, 0.717) is 33.6 Å². The van der Waals surface area contributed by atoms with Crippen LogP contribution < -0.4 is 24.8 Å². The Morgan fingerprint density at radius 2 is 1.52 bits per heavy atom. The molecule has 0 fully saturated rings. The Morgan fingerprint density at radius 1 is 0.926 bits per heavy atom. The van der Waals surface area contributed by atoms with Crippen LogP contribution in [-0.2, 0) is 9.59 Å². The van der Waals surface area contributed by atoms with Gasteiger partial charge in [-0.1, -0.05) is 11.6 Å². The fraction of sp³-hybridized carbons (Fsp3) is 0.263. The van der Waals surface area contributed by atoms with Crippen molar-refractivity contribution in [2.45, 2.75) is 13.3 Å². The van der Waals surface area contributed by atoms with E-state index >= 15 is 0 Å². The molecule has 2 aromatic carbocycles. The molecule has 0 aliphatic rings. The molecule has 144 valence electrons. The Kier molecular flexibility index (Phi) is 6.90. The number of hydrogen-bond acceptors (Lipinski definition) is 5. The molecule has 8 heteroatoms. The highest BCUT2D eigenvalue weighted by Gasteiger charge is 2.16. The second-order valence-electron chi connectivity index (χ2n) is 5.65. The summed E-state index contributed by atoms with van der Waals surface area (Å²) in [5, 5.41) is 5.91. The fourth-order valence-electron chi connectivity index (χ4n) is 2.47. The summed E-state index contributed by atoms with van der Waals surface area (Å²) in [6.45, 7) is 1.82. The lowest BCUT2D eigenvalue weighted by Crippen LogP contribution is -2.21. The standard InChI is InChI=1S/C19H21ClN2O5/c1-11-7-12(20)5-6-14(11)22-18(24)10-17(23)21-13-8-15(25-2)19(27-4)16(9-13)26-3/h5-9H,10H2,1-4H3,(H,21,23)(H,22,24). The average molecular weight is 393 g/mol. The molecule has 0 aromatic heterocycles. The number of amides is 2. The van der Waals surface area contributed by atoms with E-state index in [1.165, 1.54) is 21.3 Å². The van der Waals surface area contributed by atoms with Crippen LogP contribution in [0, 0.1) is 6.92 Å². The van der Waals surface area contributed by atoms with Gasteiger partial charge in [-0.15, -0.1) is 0 Å². The molecule has 2 amide bonds. The van der Waals surface area contributed by atoms with E-state index in [0.717, 1.165) is 5.56 Å². The number of nitrogens with one attached hydrogen (secondary N) is 2. The Morgan fingerprint density at radius 3 is 2.04 bits per heavy atom. The number of hydrogen-bond donors (Lipinski definition) is 2. The SMILES string of the molecule is COc1cc(NC(=O)CC(=O)Nc2ccc(Cl)cc2C)cc(OC)c1OC. The molecule has 0 heterocycles. The van der Waals surface area contributed by atoms with Crippen molar-refractivity contribution >= 4 is 34.8 Å². The Hall–Kier alpha value is -2.93. The number of methoxy groups -OCH3 is 3. The minimum absolute atomic E-state index is 0.348. The summed E-state index contributed by atoms with van der Waals surface area (Å²) < 4.78 is 15.7. The second kappa shape index (κ2) is 9.14. The quantitative estimate of drug-likeness (QED) is 0.702. The molecule has 2 rings (SSSR count). The molecule has 2 aromatic rings. The van der Waals surface area contributed by atoms with Crippen molar-refractivity contribution in [1.82, 2.24) is 0 Å². The van der Waals surface area contributed by atoms with Gasteiger partial charge in [0.15, 0.2) is 11.5 Å². The average Bonchev–Trinajstić information content (AvgIpc) is 2.62. The number of halogens is 1. The van der Waals surface area contributed by atoms with Crippen molar-refractivity contribution in [2.24, 2.45) is 0 Å². The number of aryl methyl sites for hydroxylation is 1. The topological polar surface area (TPSA) is 85.9 Å². The van der Waals surface area contributed by atoms with Crippen LogP contribution in [0.25, 0.3) is 0 Å². The van der Waals surface area contributed by atoms with Crippen LogP contribution in [0.15, 0.2) is 30.3 Å². The first-order valence-corrected chi connectivity index (χ1v) is 8.41. The van der Waals surface area contributed by atoms with Crippen molar-refractivity contribution in [3.8, 4) is 17.2 Å². The minimum Gasteiger partial charge on any atom is -0.493 e. The maximum absolute atomic E-state index is 12.2. The summed E-state index contributed by atoms with van der Waals surface area (Å²) in [6, 6.07) is 8.25. The monoisotopic (exact) mass is 392 g/mol. The van der Waals surface area contributed by atoms with Gasteiger partial charge in [0.05, 0.1) is 21.3 Å². The van der Waals surface area contributed by atoms with Gasteiger partial charge in [0.1, 0.15) is 6.42 Å². The number of anilines is 2. The molecule has 0 saturated carbocycles. The van der Waals surface area contributed by atoms with Crippen molar-refractivity contribution in [1.29, 1.82) is 0 Å². The maximum atomic E-state index is 12.2. The lowest BCUT2D eigenvalue weighted by atomic mass is 10.2. The van der Waals surface area contributed by atoms with E-state index in [1.54, 1.807) is 30.3 Å². The van der Waals surface area contributed by atoms with Gasteiger partial charge < -0.3 is 24.8 Å². The molecule has 0 radical (unpaired) electrons. The van der Waals surface area contributed by atoms with Gasteiger partial charge in [-0.05, 0) is 30.7 Å². The lowest BCUT2D eigenvalue weighted by Gasteiger charge is -2.14. The van der Waals surface area contributed by atoms with E-state index in [9.17, 15) is 9.59 Å². The zero-order valence-electron chi connectivity index (χ0n) is 15.5. The normalized spacial score (nSPS) is 10.1. The van der Waals surface area contributed by atoms with Crippen molar-refractivity contribution in [2.75, 3.05) is 32.0 Å². The summed E-state index contributed by atoms with van der Waals surface area (Å²) in [5.41, 5.74) is 1.83. The van der Waals surface area contributed by atoms with E-state index in [1.807, 2.05) is 6.92 Å². The van der Waals surface area contributed by atoms with Gasteiger partial charge in [0, 0.05) is 28.5 Å². The van der Waals surface area contributed by atoms with Gasteiger partial charge in [0.25, 0.3) is 0 Å². The largest absolute Gasteiger partial charge is 0.493 e. The zero-order chi connectivity index (χ0) is 20.0. The van der Waals surface area contributed by atoms with Crippen molar-refractivity contribution in [3.63, 3.8) is 0 Å². The number of rotatable bonds is 7. The second-order valence-corrected chi connectivity index (χ2v) is 6.08. The van der Waals surface area contributed by atoms with Crippen LogP contribution in [0.3, 0.4) is 0 Å². The summed E-state index contributed by atoms with van der Waals surface area (Å²) >= 11 is 5.89. The molecule has 7 nitrogen and oxygen atoms in total. The van der Waals surface area contributed by atoms with E-state index in [2.05, 4.69) is 10.6 Å². The molecule has 0 bridgehead atoms. The van der Waals surface area contributed by atoms with Crippen LogP contribution in [-0.4, -0.2) is 33.1 Å². The van der Waals surface area contributed by atoms with E-state index < -0.39 is 11.8 Å². The first-order valence-electron chi connectivity index (χ1n) is 8.03. The van der Waals surface area contributed by atoms with Gasteiger partial charge in [0.2, 0.25) is 17.6 Å². The highest BCUT2D eigenvalue weighted by molar-refractivity contribution is 6.30. The third-order valence-electron chi connectivity index (χ3n) is 3.73. The molecule has 0 unspecified atom stereocenters. The number of ether oxygens (including phenoxy) is 3. The molecular formula is C19H21ClN2O5. The third kappa shape index (κ3) is 5.27. The summed E-state index contributed by atoms with van der Waals surface area (Å²) in [6.07, 6.45) is -0.348. The summed E-state index contributed by atoms with van der Waals surface area (Å²) in [5.74, 6) is 0.287. The maximum Gasteiger partial charge on any atom is 0.233 e. The highest BCUT2D eigenvalue weighted by atomic mass is 35.5. The van der Waals surface area contributed by atoms with Gasteiger partial charge in [-0.25, -0.2) is 0 Å². The fourth-order valence-corrected chi connectivity index (χ4v) is 2.69. The lowest BCUT2D eigenvalue weighted by molar-refractivity contribution is -0.123. The minimum atomic E-state index is -0.478. The van der Waals surface area contributed by atoms with Gasteiger partial charge in [-0.3, -0.25) is 9.59 Å². The first kappa shape index (κ1) is 20.4. The number of carbonyl (C=O) groups is 2. The summed E-state index contributed by atoms with van der Waals surface area (Å²) in [7, 11) is 4.44. The van der Waals surface area contributed by atoms with E-state index in [-0.39, 0.29) is 6.42 Å². The predicted octanol–water partition coefficient (Wildman–Crippen LogP) is 3.64. The molecule has 0 aliphatic heterocycles. The van der Waals surface area contributed by atoms with Gasteiger partial charge >= 0.3 is 0 Å². The molecule has 2 N–H and O–H groups in total. The van der Waals surface area contributed by atoms with Crippen LogP contribution in [0.1, 0.15) is 12.0 Å². The van der Waals surface area contributed by atoms with Crippen LogP contribution in [0.4, 0.5) is 11.4 Å². The van der Waals surface area contributed by atoms with Crippen molar-refractivity contribution in [3.05, 3.63) is 40.9 Å². The van der Waals surface area contributed by atoms with E-state index in [4.69, 9.17) is 25.8 Å². The van der Waals surface area contributed by atoms with Crippen molar-refractivity contribution < 1.29 is 23.8 Å². The van der Waals surface area contributed by atoms with Crippen LogP contribution in [0.5, 0.6) is 17.2 Å². The Labute approximate surface area is 162 Å². The zero-order valence-corrected chi connectivity index (χ0v) is 16.3. The number of benzene rings is 2. The molecule has 0 saturated heterocycles. The Bertz CT molecular complexity index is 829. The molecule has 0 atom stereocenters. The van der Waals surface area contributed by atoms with Gasteiger partial charge in [-0.2, -0.15) is 0 Å². The Balaban J connectivity index is 2.05. The molecule has 27 heavy (non-hydrogen) atoms. The summed E-state index contributed by atoms with van der Waals surface area (Å²) in [4.78, 5) is 24.3. The third-order valence-corrected chi connectivity index (χ3v) is 3.97. The molecule has 0 spiro atoms. The smallest absolute Gasteiger partial charge is 0.233 e. The number of carbonyl (C=O) groups excluding carboxylic acids is 2. The van der Waals surface area contributed by atoms with Crippen LogP contribution >= 0.6 is 11.6 Å². The molecular weight excluding hydrogens is 372 g/mol. The van der Waals surface area contributed by atoms with Crippen LogP contribution in [0.2, 0.25) is 5.02 Å². The highest BCUT2D eigenvalue weighted by Crippen LogP contribution is 2.39. The first-order chi connectivity index (χ1) is 12.9.